The van der Waals surface area contributed by atoms with Crippen molar-refractivity contribution in [3.63, 3.8) is 0 Å². The Kier molecular flexibility index (Phi) is 6.02. The maximum atomic E-state index is 12.7. The van der Waals surface area contributed by atoms with Crippen molar-refractivity contribution in [3.05, 3.63) is 71.0 Å². The smallest absolute Gasteiger partial charge is 0.258 e. The molecule has 0 bridgehead atoms. The third-order valence-corrected chi connectivity index (χ3v) is 5.47. The Morgan fingerprint density at radius 3 is 2.22 bits per heavy atom. The summed E-state index contributed by atoms with van der Waals surface area (Å²) in [6.07, 6.45) is 2.44. The first-order valence-electron chi connectivity index (χ1n) is 10.1. The number of carbonyl (C=O) groups excluding carboxylic acids is 2. The minimum absolute atomic E-state index is 0.00185. The zero-order valence-corrected chi connectivity index (χ0v) is 18.0. The van der Waals surface area contributed by atoms with Gasteiger partial charge in [-0.2, -0.15) is 0 Å². The van der Waals surface area contributed by atoms with Gasteiger partial charge in [-0.15, -0.1) is 0 Å². The van der Waals surface area contributed by atoms with E-state index in [4.69, 9.17) is 14.2 Å². The molecule has 1 heterocycles. The van der Waals surface area contributed by atoms with Crippen molar-refractivity contribution in [3.8, 4) is 17.2 Å². The second-order valence-corrected chi connectivity index (χ2v) is 7.41. The molecule has 3 aromatic rings. The first kappa shape index (κ1) is 21.3. The van der Waals surface area contributed by atoms with Crippen LogP contribution in [0.1, 0.15) is 44.3 Å². The Morgan fingerprint density at radius 1 is 0.938 bits per heavy atom. The minimum atomic E-state index is -0.406. The Morgan fingerprint density at radius 2 is 1.59 bits per heavy atom. The van der Waals surface area contributed by atoms with Gasteiger partial charge in [0.2, 0.25) is 5.95 Å². The van der Waals surface area contributed by atoms with Crippen molar-refractivity contribution < 1.29 is 23.8 Å². The quantitative estimate of drug-likeness (QED) is 0.633. The second-order valence-electron chi connectivity index (χ2n) is 7.41. The molecule has 1 N–H and O–H groups in total. The number of carbonyl (C=O) groups is 2. The van der Waals surface area contributed by atoms with Crippen LogP contribution in [-0.4, -0.2) is 43.0 Å². The summed E-state index contributed by atoms with van der Waals surface area (Å²) in [5, 5.41) is 2.70. The van der Waals surface area contributed by atoms with E-state index in [1.807, 2.05) is 24.3 Å². The Balaban J connectivity index is 1.56. The molecule has 0 spiro atoms. The van der Waals surface area contributed by atoms with Crippen LogP contribution in [0.15, 0.2) is 48.7 Å². The molecule has 0 saturated carbocycles. The third-order valence-electron chi connectivity index (χ3n) is 5.47. The molecule has 0 radical (unpaired) electrons. The highest BCUT2D eigenvalue weighted by atomic mass is 16.5. The van der Waals surface area contributed by atoms with E-state index in [9.17, 15) is 9.59 Å². The van der Waals surface area contributed by atoms with Gasteiger partial charge in [-0.05, 0) is 42.2 Å². The van der Waals surface area contributed by atoms with Gasteiger partial charge >= 0.3 is 0 Å². The summed E-state index contributed by atoms with van der Waals surface area (Å²) in [6, 6.07) is 12.5. The number of amides is 1. The van der Waals surface area contributed by atoms with Crippen LogP contribution in [0.3, 0.4) is 0 Å². The standard InChI is InChI=1S/C24H23N3O5/c1-30-17-6-4-14(5-7-17)15-10-21-20(22(28)11-15)13-25-24(26-21)27-23(29)16-8-18(31-2)12-19(9-16)32-3/h4-9,12-13,15H,10-11H2,1-3H3,(H,25,26,27,29)/t15-/m0/s1. The Bertz CT molecular complexity index is 1140. The number of rotatable bonds is 6. The molecule has 1 atom stereocenters. The van der Waals surface area contributed by atoms with Crippen LogP contribution in [0.4, 0.5) is 5.95 Å². The normalized spacial score (nSPS) is 15.0. The fourth-order valence-electron chi connectivity index (χ4n) is 3.73. The molecule has 0 aliphatic heterocycles. The summed E-state index contributed by atoms with van der Waals surface area (Å²) in [6.45, 7) is 0. The molecule has 1 aliphatic carbocycles. The molecule has 8 heteroatoms. The molecule has 0 fully saturated rings. The lowest BCUT2D eigenvalue weighted by molar-refractivity contribution is 0.0962. The first-order chi connectivity index (χ1) is 15.5. The average Bonchev–Trinajstić information content (AvgIpc) is 2.83. The van der Waals surface area contributed by atoms with Crippen molar-refractivity contribution in [2.24, 2.45) is 0 Å². The number of benzene rings is 2. The molecule has 1 amide bonds. The monoisotopic (exact) mass is 433 g/mol. The third kappa shape index (κ3) is 4.39. The number of ether oxygens (including phenoxy) is 3. The van der Waals surface area contributed by atoms with Crippen LogP contribution in [0.5, 0.6) is 17.2 Å². The van der Waals surface area contributed by atoms with Crippen LogP contribution < -0.4 is 19.5 Å². The molecular formula is C24H23N3O5. The maximum absolute atomic E-state index is 12.7. The van der Waals surface area contributed by atoms with E-state index in [1.165, 1.54) is 20.4 Å². The van der Waals surface area contributed by atoms with Gasteiger partial charge in [0.25, 0.3) is 5.91 Å². The van der Waals surface area contributed by atoms with E-state index in [1.54, 1.807) is 25.3 Å². The van der Waals surface area contributed by atoms with E-state index in [-0.39, 0.29) is 17.6 Å². The highest BCUT2D eigenvalue weighted by Gasteiger charge is 2.28. The number of nitrogens with one attached hydrogen (secondary N) is 1. The number of methoxy groups -OCH3 is 3. The van der Waals surface area contributed by atoms with Crippen LogP contribution in [0.2, 0.25) is 0 Å². The molecule has 164 valence electrons. The summed E-state index contributed by atoms with van der Waals surface area (Å²) in [5.74, 6) is 1.47. The number of hydrogen-bond acceptors (Lipinski definition) is 7. The molecule has 8 nitrogen and oxygen atoms in total. The SMILES string of the molecule is COc1ccc([C@@H]2CC(=O)c3cnc(NC(=O)c4cc(OC)cc(OC)c4)nc3C2)cc1. The molecule has 1 aromatic heterocycles. The van der Waals surface area contributed by atoms with E-state index in [0.717, 1.165) is 11.3 Å². The second kappa shape index (κ2) is 9.05. The van der Waals surface area contributed by atoms with E-state index in [0.29, 0.717) is 41.2 Å². The van der Waals surface area contributed by atoms with Gasteiger partial charge in [0.05, 0.1) is 32.6 Å². The topological polar surface area (TPSA) is 99.6 Å². The van der Waals surface area contributed by atoms with Gasteiger partial charge in [-0.1, -0.05) is 12.1 Å². The van der Waals surface area contributed by atoms with Gasteiger partial charge in [0, 0.05) is 24.2 Å². The lowest BCUT2D eigenvalue weighted by Gasteiger charge is -2.23. The number of hydrogen-bond donors (Lipinski definition) is 1. The number of nitrogens with zero attached hydrogens (tertiary/aromatic N) is 2. The number of aromatic nitrogens is 2. The summed E-state index contributed by atoms with van der Waals surface area (Å²) in [7, 11) is 4.64. The fourth-order valence-corrected chi connectivity index (χ4v) is 3.73. The first-order valence-corrected chi connectivity index (χ1v) is 10.1. The van der Waals surface area contributed by atoms with E-state index in [2.05, 4.69) is 15.3 Å². The number of Topliss-reactive ketones (excluding diaryl/α,β-unsaturated/α-hetero) is 1. The highest BCUT2D eigenvalue weighted by molar-refractivity contribution is 6.04. The van der Waals surface area contributed by atoms with Gasteiger partial charge in [0.15, 0.2) is 5.78 Å². The van der Waals surface area contributed by atoms with Crippen LogP contribution in [-0.2, 0) is 6.42 Å². The van der Waals surface area contributed by atoms with Crippen molar-refractivity contribution in [2.45, 2.75) is 18.8 Å². The van der Waals surface area contributed by atoms with Crippen molar-refractivity contribution in [1.29, 1.82) is 0 Å². The number of ketones is 1. The highest BCUT2D eigenvalue weighted by Crippen LogP contribution is 2.33. The molecule has 0 unspecified atom stereocenters. The molecular weight excluding hydrogens is 410 g/mol. The zero-order chi connectivity index (χ0) is 22.7. The lowest BCUT2D eigenvalue weighted by atomic mass is 9.82. The van der Waals surface area contributed by atoms with Gasteiger partial charge in [-0.3, -0.25) is 14.9 Å². The van der Waals surface area contributed by atoms with Gasteiger partial charge in [-0.25, -0.2) is 9.97 Å². The molecule has 2 aromatic carbocycles. The van der Waals surface area contributed by atoms with Crippen LogP contribution >= 0.6 is 0 Å². The Labute approximate surface area is 185 Å². The Hall–Kier alpha value is -3.94. The molecule has 4 rings (SSSR count). The largest absolute Gasteiger partial charge is 0.497 e. The summed E-state index contributed by atoms with van der Waals surface area (Å²) in [5.41, 5.74) is 2.50. The van der Waals surface area contributed by atoms with Crippen LogP contribution in [0, 0.1) is 0 Å². The number of fused-ring (bicyclic) bond motifs is 1. The molecule has 0 saturated heterocycles. The fraction of sp³-hybridized carbons (Fsp3) is 0.250. The maximum Gasteiger partial charge on any atom is 0.258 e. The van der Waals surface area contributed by atoms with Crippen LogP contribution in [0.25, 0.3) is 0 Å². The van der Waals surface area contributed by atoms with Gasteiger partial charge < -0.3 is 14.2 Å². The van der Waals surface area contributed by atoms with E-state index < -0.39 is 5.91 Å². The van der Waals surface area contributed by atoms with Gasteiger partial charge in [0.1, 0.15) is 17.2 Å². The van der Waals surface area contributed by atoms with Crippen molar-refractivity contribution >= 4 is 17.6 Å². The molecule has 1 aliphatic rings. The number of anilines is 1. The van der Waals surface area contributed by atoms with Crippen molar-refractivity contribution in [1.82, 2.24) is 9.97 Å². The predicted octanol–water partition coefficient (Wildman–Crippen LogP) is 3.67. The lowest BCUT2D eigenvalue weighted by Crippen LogP contribution is -2.22. The summed E-state index contributed by atoms with van der Waals surface area (Å²) in [4.78, 5) is 34.1. The molecule has 32 heavy (non-hydrogen) atoms. The summed E-state index contributed by atoms with van der Waals surface area (Å²) < 4.78 is 15.6. The predicted molar refractivity (Wildman–Crippen MR) is 118 cm³/mol. The zero-order valence-electron chi connectivity index (χ0n) is 18.0. The average molecular weight is 433 g/mol. The van der Waals surface area contributed by atoms with Crippen molar-refractivity contribution in [2.75, 3.05) is 26.6 Å². The van der Waals surface area contributed by atoms with E-state index >= 15 is 0 Å². The summed E-state index contributed by atoms with van der Waals surface area (Å²) >= 11 is 0. The minimum Gasteiger partial charge on any atom is -0.497 e.